The van der Waals surface area contributed by atoms with E-state index in [1.165, 1.54) is 34.9 Å². The smallest absolute Gasteiger partial charge is 0.324 e. The van der Waals surface area contributed by atoms with Crippen LogP contribution in [0.4, 0.5) is 16.3 Å². The highest BCUT2D eigenvalue weighted by Gasteiger charge is 2.23. The summed E-state index contributed by atoms with van der Waals surface area (Å²) in [4.78, 5) is 16.0. The lowest BCUT2D eigenvalue weighted by Crippen LogP contribution is -2.39. The Kier molecular flexibility index (Phi) is 8.37. The van der Waals surface area contributed by atoms with Crippen molar-refractivity contribution in [3.05, 3.63) is 89.6 Å². The van der Waals surface area contributed by atoms with Gasteiger partial charge in [0.05, 0.1) is 30.3 Å². The third kappa shape index (κ3) is 6.68. The molecule has 2 heterocycles. The Morgan fingerprint density at radius 2 is 1.72 bits per heavy atom. The second-order valence-corrected chi connectivity index (χ2v) is 13.0. The third-order valence-electron chi connectivity index (χ3n) is 8.57. The number of amides is 2. The van der Waals surface area contributed by atoms with Crippen LogP contribution in [0.5, 0.6) is 0 Å². The van der Waals surface area contributed by atoms with Gasteiger partial charge in [0.15, 0.2) is 0 Å². The fraction of sp³-hybridized carbons (Fsp3) is 0.389. The number of nitrogens with one attached hydrogen (secondary N) is 2. The molecule has 3 aromatic carbocycles. The van der Waals surface area contributed by atoms with Gasteiger partial charge in [0.2, 0.25) is 0 Å². The van der Waals surface area contributed by atoms with E-state index in [1.807, 2.05) is 35.0 Å². The topological polar surface area (TPSA) is 71.4 Å². The second kappa shape index (κ2) is 12.3. The molecule has 1 saturated heterocycles. The summed E-state index contributed by atoms with van der Waals surface area (Å²) in [5.41, 5.74) is 6.28. The van der Waals surface area contributed by atoms with Crippen molar-refractivity contribution in [1.82, 2.24) is 14.7 Å². The fourth-order valence-corrected chi connectivity index (χ4v) is 6.17. The number of nitrogens with zero attached hydrogens (tertiary/aromatic N) is 3. The molecule has 4 aromatic rings. The van der Waals surface area contributed by atoms with Gasteiger partial charge in [0.1, 0.15) is 5.82 Å². The van der Waals surface area contributed by atoms with E-state index in [1.54, 1.807) is 0 Å². The van der Waals surface area contributed by atoms with Crippen molar-refractivity contribution >= 4 is 33.9 Å². The minimum absolute atomic E-state index is 0.163. The van der Waals surface area contributed by atoms with E-state index in [0.717, 1.165) is 61.7 Å². The molecule has 43 heavy (non-hydrogen) atoms. The van der Waals surface area contributed by atoms with Crippen LogP contribution in [0, 0.1) is 12.8 Å². The molecule has 0 bridgehead atoms. The van der Waals surface area contributed by atoms with E-state index in [9.17, 15) is 4.79 Å². The standard InChI is InChI=1S/C36H43N5O2/c1-25-12-14-28(15-13-25)41-34(23-33(39-41)36(2,3)4)38-35(42)37-32-17-16-29(30-10-5-6-11-31(30)32)27-9-7-8-26(22-27)24-40-18-20-43-21-19-40/h5-6,10-17,22-23,26H,7-9,18-21,24H2,1-4H3,(H2,37,38,42). The molecule has 2 aliphatic rings. The summed E-state index contributed by atoms with van der Waals surface area (Å²) >= 11 is 0. The highest BCUT2D eigenvalue weighted by molar-refractivity contribution is 6.08. The molecular formula is C36H43N5O2. The number of fused-ring (bicyclic) bond motifs is 1. The van der Waals surface area contributed by atoms with E-state index < -0.39 is 0 Å². The van der Waals surface area contributed by atoms with E-state index >= 15 is 0 Å². The van der Waals surface area contributed by atoms with Gasteiger partial charge in [-0.05, 0) is 66.8 Å². The van der Waals surface area contributed by atoms with Crippen molar-refractivity contribution < 1.29 is 9.53 Å². The first-order valence-corrected chi connectivity index (χ1v) is 15.5. The summed E-state index contributed by atoms with van der Waals surface area (Å²) in [5.74, 6) is 1.19. The number of urea groups is 1. The zero-order valence-corrected chi connectivity index (χ0v) is 25.8. The maximum atomic E-state index is 13.5. The first-order valence-electron chi connectivity index (χ1n) is 15.5. The molecule has 1 aromatic heterocycles. The summed E-state index contributed by atoms with van der Waals surface area (Å²) in [5, 5.41) is 13.3. The molecule has 224 valence electrons. The Morgan fingerprint density at radius 3 is 2.47 bits per heavy atom. The Hall–Kier alpha value is -3.94. The normalized spacial score (nSPS) is 18.0. The molecule has 1 unspecified atom stereocenters. The molecule has 1 aliphatic carbocycles. The zero-order chi connectivity index (χ0) is 30.0. The Labute approximate surface area is 254 Å². The van der Waals surface area contributed by atoms with Gasteiger partial charge >= 0.3 is 6.03 Å². The van der Waals surface area contributed by atoms with Crippen LogP contribution in [-0.4, -0.2) is 53.6 Å². The largest absolute Gasteiger partial charge is 0.379 e. The molecule has 1 atom stereocenters. The van der Waals surface area contributed by atoms with Gasteiger partial charge in [-0.25, -0.2) is 9.48 Å². The number of carbonyl (C=O) groups excluding carboxylic acids is 1. The molecule has 1 fully saturated rings. The lowest BCUT2D eigenvalue weighted by molar-refractivity contribution is 0.0327. The fourth-order valence-electron chi connectivity index (χ4n) is 6.17. The van der Waals surface area contributed by atoms with Crippen LogP contribution in [0.15, 0.2) is 72.8 Å². The van der Waals surface area contributed by atoms with Crippen molar-refractivity contribution in [3.8, 4) is 5.69 Å². The second-order valence-electron chi connectivity index (χ2n) is 13.0. The number of aryl methyl sites for hydroxylation is 1. The number of aromatic nitrogens is 2. The SMILES string of the molecule is Cc1ccc(-n2nc(C(C)(C)C)cc2NC(=O)Nc2ccc(C3=CC(CN4CCOCC4)CCC3)c3ccccc23)cc1. The number of anilines is 2. The number of allylic oxidation sites excluding steroid dienone is 1. The van der Waals surface area contributed by atoms with Crippen molar-refractivity contribution in [1.29, 1.82) is 0 Å². The Morgan fingerprint density at radius 1 is 0.977 bits per heavy atom. The number of rotatable bonds is 6. The van der Waals surface area contributed by atoms with Crippen molar-refractivity contribution in [2.24, 2.45) is 5.92 Å². The van der Waals surface area contributed by atoms with Crippen LogP contribution in [0.2, 0.25) is 0 Å². The lowest BCUT2D eigenvalue weighted by atomic mass is 9.85. The number of hydrogen-bond acceptors (Lipinski definition) is 4. The predicted molar refractivity (Wildman–Crippen MR) is 176 cm³/mol. The monoisotopic (exact) mass is 577 g/mol. The van der Waals surface area contributed by atoms with E-state index in [2.05, 4.69) is 85.7 Å². The van der Waals surface area contributed by atoms with E-state index in [4.69, 9.17) is 9.84 Å². The number of ether oxygens (including phenoxy) is 1. The van der Waals surface area contributed by atoms with Crippen molar-refractivity contribution in [3.63, 3.8) is 0 Å². The first kappa shape index (κ1) is 29.1. The minimum atomic E-state index is -0.297. The molecule has 0 radical (unpaired) electrons. The quantitative estimate of drug-likeness (QED) is 0.245. The number of morpholine rings is 1. The van der Waals surface area contributed by atoms with E-state index in [-0.39, 0.29) is 11.4 Å². The van der Waals surface area contributed by atoms with Gasteiger partial charge in [-0.1, -0.05) is 74.9 Å². The molecule has 6 rings (SSSR count). The average Bonchev–Trinajstić information content (AvgIpc) is 3.43. The van der Waals surface area contributed by atoms with Crippen LogP contribution >= 0.6 is 0 Å². The molecule has 0 saturated carbocycles. The van der Waals surface area contributed by atoms with Gasteiger partial charge in [-0.3, -0.25) is 10.2 Å². The summed E-state index contributed by atoms with van der Waals surface area (Å²) in [6.45, 7) is 13.2. The first-order chi connectivity index (χ1) is 20.7. The van der Waals surface area contributed by atoms with Gasteiger partial charge in [0.25, 0.3) is 0 Å². The van der Waals surface area contributed by atoms with Crippen molar-refractivity contribution in [2.75, 3.05) is 43.5 Å². The Bertz CT molecular complexity index is 1620. The van der Waals surface area contributed by atoms with Crippen LogP contribution in [-0.2, 0) is 10.2 Å². The van der Waals surface area contributed by atoms with Crippen LogP contribution in [0.3, 0.4) is 0 Å². The van der Waals surface area contributed by atoms with Gasteiger partial charge in [0, 0.05) is 36.5 Å². The van der Waals surface area contributed by atoms with Gasteiger partial charge in [-0.15, -0.1) is 0 Å². The van der Waals surface area contributed by atoms with Crippen LogP contribution in [0.25, 0.3) is 22.0 Å². The molecule has 2 amide bonds. The number of carbonyl (C=O) groups is 1. The molecular weight excluding hydrogens is 534 g/mol. The Balaban J connectivity index is 1.25. The van der Waals surface area contributed by atoms with Crippen LogP contribution < -0.4 is 10.6 Å². The number of benzene rings is 3. The maximum Gasteiger partial charge on any atom is 0.324 e. The zero-order valence-electron chi connectivity index (χ0n) is 25.8. The van der Waals surface area contributed by atoms with Gasteiger partial charge in [-0.2, -0.15) is 5.10 Å². The van der Waals surface area contributed by atoms with E-state index in [0.29, 0.717) is 11.7 Å². The van der Waals surface area contributed by atoms with Gasteiger partial charge < -0.3 is 10.1 Å². The maximum absolute atomic E-state index is 13.5. The summed E-state index contributed by atoms with van der Waals surface area (Å²) in [6, 6.07) is 22.4. The minimum Gasteiger partial charge on any atom is -0.379 e. The summed E-state index contributed by atoms with van der Waals surface area (Å²) in [6.07, 6.45) is 6.01. The average molecular weight is 578 g/mol. The summed E-state index contributed by atoms with van der Waals surface area (Å²) in [7, 11) is 0. The number of hydrogen-bond donors (Lipinski definition) is 2. The third-order valence-corrected chi connectivity index (χ3v) is 8.57. The summed E-state index contributed by atoms with van der Waals surface area (Å²) < 4.78 is 7.36. The molecule has 7 nitrogen and oxygen atoms in total. The molecule has 7 heteroatoms. The predicted octanol–water partition coefficient (Wildman–Crippen LogP) is 7.79. The highest BCUT2D eigenvalue weighted by atomic mass is 16.5. The van der Waals surface area contributed by atoms with Crippen molar-refractivity contribution in [2.45, 2.75) is 52.4 Å². The molecule has 0 spiro atoms. The lowest BCUT2D eigenvalue weighted by Gasteiger charge is -2.31. The molecule has 1 aliphatic heterocycles. The van der Waals surface area contributed by atoms with Crippen LogP contribution in [0.1, 0.15) is 56.9 Å². The molecule has 2 N–H and O–H groups in total. The highest BCUT2D eigenvalue weighted by Crippen LogP contribution is 2.37.